The van der Waals surface area contributed by atoms with Crippen molar-refractivity contribution in [1.82, 2.24) is 5.32 Å². The lowest BCUT2D eigenvalue weighted by Crippen LogP contribution is -2.56. The predicted octanol–water partition coefficient (Wildman–Crippen LogP) is 0.546. The van der Waals surface area contributed by atoms with Gasteiger partial charge >= 0.3 is 0 Å². The number of hydrogen-bond donors (Lipinski definition) is 2. The lowest BCUT2D eigenvalue weighted by atomic mass is 10.1. The highest BCUT2D eigenvalue weighted by atomic mass is 16.3. The van der Waals surface area contributed by atoms with Crippen molar-refractivity contribution < 1.29 is 9.90 Å². The molecule has 2 N–H and O–H groups in total. The summed E-state index contributed by atoms with van der Waals surface area (Å²) in [6, 6.07) is 7.55. The Labute approximate surface area is 101 Å². The van der Waals surface area contributed by atoms with Gasteiger partial charge in [-0.05, 0) is 24.1 Å². The van der Waals surface area contributed by atoms with Gasteiger partial charge in [0.2, 0.25) is 5.91 Å². The minimum atomic E-state index is -0.463. The summed E-state index contributed by atoms with van der Waals surface area (Å²) in [6.07, 6.45) is 0.995. The molecule has 17 heavy (non-hydrogen) atoms. The fourth-order valence-electron chi connectivity index (χ4n) is 2.05. The van der Waals surface area contributed by atoms with Gasteiger partial charge in [-0.15, -0.1) is 0 Å². The first-order valence-corrected chi connectivity index (χ1v) is 6.00. The van der Waals surface area contributed by atoms with Crippen LogP contribution < -0.4 is 10.2 Å². The van der Waals surface area contributed by atoms with Crippen LogP contribution in [-0.4, -0.2) is 36.8 Å². The molecule has 1 unspecified atom stereocenters. The zero-order valence-corrected chi connectivity index (χ0v) is 10.0. The maximum absolute atomic E-state index is 12.0. The van der Waals surface area contributed by atoms with Gasteiger partial charge in [0.05, 0.1) is 6.61 Å². The SMILES string of the molecule is CCc1ccc(N2CCNC(CO)C2=O)cc1. The fourth-order valence-corrected chi connectivity index (χ4v) is 2.05. The molecule has 1 heterocycles. The van der Waals surface area contributed by atoms with E-state index in [0.717, 1.165) is 12.1 Å². The number of carbonyl (C=O) groups excluding carboxylic acids is 1. The molecule has 1 amide bonds. The van der Waals surface area contributed by atoms with Gasteiger partial charge in [0.15, 0.2) is 0 Å². The van der Waals surface area contributed by atoms with Crippen LogP contribution in [0.3, 0.4) is 0 Å². The second-order valence-corrected chi connectivity index (χ2v) is 4.20. The third kappa shape index (κ3) is 2.48. The normalized spacial score (nSPS) is 20.7. The van der Waals surface area contributed by atoms with Crippen LogP contribution in [0.1, 0.15) is 12.5 Å². The zero-order valence-electron chi connectivity index (χ0n) is 10.0. The number of nitrogens with one attached hydrogen (secondary N) is 1. The van der Waals surface area contributed by atoms with Crippen molar-refractivity contribution in [3.8, 4) is 0 Å². The summed E-state index contributed by atoms with van der Waals surface area (Å²) in [6.45, 7) is 3.32. The maximum atomic E-state index is 12.0. The number of hydrogen-bond acceptors (Lipinski definition) is 3. The Morgan fingerprint density at radius 1 is 1.41 bits per heavy atom. The van der Waals surface area contributed by atoms with Crippen LogP contribution >= 0.6 is 0 Å². The zero-order chi connectivity index (χ0) is 12.3. The number of benzene rings is 1. The summed E-state index contributed by atoms with van der Waals surface area (Å²) in [5, 5.41) is 12.1. The Bertz CT molecular complexity index is 389. The number of carbonyl (C=O) groups is 1. The molecule has 1 aliphatic heterocycles. The molecule has 0 spiro atoms. The Balaban J connectivity index is 2.17. The monoisotopic (exact) mass is 234 g/mol. The average molecular weight is 234 g/mol. The van der Waals surface area contributed by atoms with E-state index in [1.807, 2.05) is 24.3 Å². The first kappa shape index (κ1) is 12.1. The van der Waals surface area contributed by atoms with Gasteiger partial charge in [0.25, 0.3) is 0 Å². The molecule has 0 aliphatic carbocycles. The molecule has 4 nitrogen and oxygen atoms in total. The van der Waals surface area contributed by atoms with Crippen molar-refractivity contribution in [3.63, 3.8) is 0 Å². The molecule has 1 aromatic rings. The van der Waals surface area contributed by atoms with Crippen molar-refractivity contribution in [2.45, 2.75) is 19.4 Å². The first-order valence-electron chi connectivity index (χ1n) is 6.00. The van der Waals surface area contributed by atoms with Crippen LogP contribution in [0.25, 0.3) is 0 Å². The highest BCUT2D eigenvalue weighted by molar-refractivity contribution is 5.98. The number of anilines is 1. The molecule has 92 valence electrons. The molecule has 1 atom stereocenters. The van der Waals surface area contributed by atoms with Crippen molar-refractivity contribution in [2.75, 3.05) is 24.6 Å². The number of aliphatic hydroxyl groups excluding tert-OH is 1. The second-order valence-electron chi connectivity index (χ2n) is 4.20. The van der Waals surface area contributed by atoms with Gasteiger partial charge in [0.1, 0.15) is 6.04 Å². The number of amides is 1. The number of piperazine rings is 1. The van der Waals surface area contributed by atoms with E-state index in [2.05, 4.69) is 12.2 Å². The molecule has 1 aromatic carbocycles. The van der Waals surface area contributed by atoms with E-state index in [9.17, 15) is 4.79 Å². The Morgan fingerprint density at radius 3 is 2.71 bits per heavy atom. The molecule has 1 fully saturated rings. The lowest BCUT2D eigenvalue weighted by molar-refractivity contribution is -0.122. The van der Waals surface area contributed by atoms with E-state index < -0.39 is 6.04 Å². The average Bonchev–Trinajstić information content (AvgIpc) is 2.39. The number of rotatable bonds is 3. The van der Waals surface area contributed by atoms with E-state index in [1.54, 1.807) is 4.90 Å². The smallest absolute Gasteiger partial charge is 0.246 e. The van der Waals surface area contributed by atoms with Gasteiger partial charge in [-0.2, -0.15) is 0 Å². The third-order valence-electron chi connectivity index (χ3n) is 3.13. The quantitative estimate of drug-likeness (QED) is 0.803. The molecule has 4 heteroatoms. The molecule has 0 saturated carbocycles. The maximum Gasteiger partial charge on any atom is 0.246 e. The number of aliphatic hydroxyl groups is 1. The van der Waals surface area contributed by atoms with E-state index >= 15 is 0 Å². The van der Waals surface area contributed by atoms with Gasteiger partial charge < -0.3 is 15.3 Å². The lowest BCUT2D eigenvalue weighted by Gasteiger charge is -2.32. The second kappa shape index (κ2) is 5.29. The van der Waals surface area contributed by atoms with Gasteiger partial charge in [-0.25, -0.2) is 0 Å². The number of nitrogens with zero attached hydrogens (tertiary/aromatic N) is 1. The number of aryl methyl sites for hydroxylation is 1. The van der Waals surface area contributed by atoms with Gasteiger partial charge in [-0.1, -0.05) is 19.1 Å². The van der Waals surface area contributed by atoms with Gasteiger partial charge in [-0.3, -0.25) is 4.79 Å². The van der Waals surface area contributed by atoms with E-state index in [-0.39, 0.29) is 12.5 Å². The van der Waals surface area contributed by atoms with E-state index in [1.165, 1.54) is 5.56 Å². The van der Waals surface area contributed by atoms with Crippen LogP contribution in [-0.2, 0) is 11.2 Å². The topological polar surface area (TPSA) is 52.6 Å². The van der Waals surface area contributed by atoms with Crippen molar-refractivity contribution in [2.24, 2.45) is 0 Å². The first-order chi connectivity index (χ1) is 8.26. The summed E-state index contributed by atoms with van der Waals surface area (Å²) in [7, 11) is 0. The Kier molecular flexibility index (Phi) is 3.76. The summed E-state index contributed by atoms with van der Waals surface area (Å²) in [5.74, 6) is -0.0528. The van der Waals surface area contributed by atoms with Crippen molar-refractivity contribution in [3.05, 3.63) is 29.8 Å². The minimum absolute atomic E-state index is 0.0528. The Morgan fingerprint density at radius 2 is 2.12 bits per heavy atom. The predicted molar refractivity (Wildman–Crippen MR) is 67.0 cm³/mol. The summed E-state index contributed by atoms with van der Waals surface area (Å²) < 4.78 is 0. The fraction of sp³-hybridized carbons (Fsp3) is 0.462. The standard InChI is InChI=1S/C13H18N2O2/c1-2-10-3-5-11(6-4-10)15-8-7-14-12(9-16)13(15)17/h3-6,12,14,16H,2,7-9H2,1H3. The largest absolute Gasteiger partial charge is 0.394 e. The summed E-state index contributed by atoms with van der Waals surface area (Å²) in [4.78, 5) is 13.7. The van der Waals surface area contributed by atoms with E-state index in [0.29, 0.717) is 13.1 Å². The molecule has 0 bridgehead atoms. The highest BCUT2D eigenvalue weighted by Gasteiger charge is 2.28. The molecule has 0 aromatic heterocycles. The molecule has 1 saturated heterocycles. The van der Waals surface area contributed by atoms with Crippen LogP contribution in [0.15, 0.2) is 24.3 Å². The van der Waals surface area contributed by atoms with E-state index in [4.69, 9.17) is 5.11 Å². The minimum Gasteiger partial charge on any atom is -0.394 e. The third-order valence-corrected chi connectivity index (χ3v) is 3.13. The highest BCUT2D eigenvalue weighted by Crippen LogP contribution is 2.18. The summed E-state index contributed by atoms with van der Waals surface area (Å²) in [5.41, 5.74) is 2.17. The van der Waals surface area contributed by atoms with Crippen LogP contribution in [0.5, 0.6) is 0 Å². The molecule has 0 radical (unpaired) electrons. The van der Waals surface area contributed by atoms with Gasteiger partial charge in [0, 0.05) is 18.8 Å². The molecule has 2 rings (SSSR count). The van der Waals surface area contributed by atoms with Crippen LogP contribution in [0.2, 0.25) is 0 Å². The molecular formula is C13H18N2O2. The van der Waals surface area contributed by atoms with Crippen LogP contribution in [0.4, 0.5) is 5.69 Å². The molecular weight excluding hydrogens is 216 g/mol. The Hall–Kier alpha value is -1.39. The van der Waals surface area contributed by atoms with Crippen molar-refractivity contribution >= 4 is 11.6 Å². The van der Waals surface area contributed by atoms with Crippen LogP contribution in [0, 0.1) is 0 Å². The van der Waals surface area contributed by atoms with Crippen molar-refractivity contribution in [1.29, 1.82) is 0 Å². The molecule has 1 aliphatic rings. The summed E-state index contributed by atoms with van der Waals surface area (Å²) >= 11 is 0.